The van der Waals surface area contributed by atoms with Gasteiger partial charge in [-0.1, -0.05) is 0 Å². The molecule has 4 rings (SSSR count). The number of carbonyl (C=O) groups excluding carboxylic acids is 1. The van der Waals surface area contributed by atoms with E-state index in [0.29, 0.717) is 31.1 Å². The number of aromatic nitrogens is 3. The summed E-state index contributed by atoms with van der Waals surface area (Å²) in [7, 11) is 0. The predicted octanol–water partition coefficient (Wildman–Crippen LogP) is 1.49. The van der Waals surface area contributed by atoms with Crippen LogP contribution >= 0.6 is 0 Å². The summed E-state index contributed by atoms with van der Waals surface area (Å²) in [5.41, 5.74) is 1.40. The normalized spacial score (nSPS) is 19.2. The molecule has 2 aliphatic rings. The second-order valence-corrected chi connectivity index (χ2v) is 5.75. The molecule has 7 nitrogen and oxygen atoms in total. The predicted molar refractivity (Wildman–Crippen MR) is 76.3 cm³/mol. The van der Waals surface area contributed by atoms with Gasteiger partial charge in [-0.15, -0.1) is 0 Å². The summed E-state index contributed by atoms with van der Waals surface area (Å²) >= 11 is 0. The first-order valence-corrected chi connectivity index (χ1v) is 7.65. The van der Waals surface area contributed by atoms with Crippen molar-refractivity contribution in [2.45, 2.75) is 31.7 Å². The molecule has 4 heterocycles. The molecular weight excluding hydrogens is 284 g/mol. The van der Waals surface area contributed by atoms with Crippen molar-refractivity contribution in [1.82, 2.24) is 19.9 Å². The Morgan fingerprint density at radius 3 is 3.00 bits per heavy atom. The maximum absolute atomic E-state index is 12.4. The van der Waals surface area contributed by atoms with Gasteiger partial charge in [0.15, 0.2) is 5.89 Å². The number of imidazole rings is 1. The zero-order valence-corrected chi connectivity index (χ0v) is 12.2. The van der Waals surface area contributed by atoms with Crippen LogP contribution in [0.2, 0.25) is 0 Å². The van der Waals surface area contributed by atoms with Crippen molar-refractivity contribution in [2.75, 3.05) is 19.8 Å². The summed E-state index contributed by atoms with van der Waals surface area (Å²) in [4.78, 5) is 25.5. The Morgan fingerprint density at radius 2 is 2.23 bits per heavy atom. The summed E-state index contributed by atoms with van der Waals surface area (Å²) in [6.07, 6.45) is 5.69. The molecule has 0 aromatic carbocycles. The molecule has 0 atom stereocenters. The molecule has 2 aliphatic heterocycles. The number of nitrogens with zero attached hydrogens (tertiary/aromatic N) is 3. The van der Waals surface area contributed by atoms with Gasteiger partial charge in [0, 0.05) is 32.1 Å². The highest BCUT2D eigenvalue weighted by Crippen LogP contribution is 2.30. The van der Waals surface area contributed by atoms with Crippen molar-refractivity contribution >= 4 is 5.91 Å². The number of aromatic amines is 1. The smallest absolute Gasteiger partial charge is 0.272 e. The maximum atomic E-state index is 12.4. The minimum Gasteiger partial charge on any atom is -0.445 e. The lowest BCUT2D eigenvalue weighted by Crippen LogP contribution is -2.36. The quantitative estimate of drug-likeness (QED) is 0.908. The van der Waals surface area contributed by atoms with Gasteiger partial charge in [0.1, 0.15) is 17.1 Å². The van der Waals surface area contributed by atoms with Gasteiger partial charge in [0.2, 0.25) is 0 Å². The van der Waals surface area contributed by atoms with Crippen LogP contribution in [0.25, 0.3) is 0 Å². The Labute approximate surface area is 127 Å². The van der Waals surface area contributed by atoms with Gasteiger partial charge in [-0.25, -0.2) is 9.97 Å². The number of nitrogens with one attached hydrogen (secondary N) is 1. The van der Waals surface area contributed by atoms with Crippen molar-refractivity contribution in [1.29, 1.82) is 0 Å². The molecule has 0 unspecified atom stereocenters. The summed E-state index contributed by atoms with van der Waals surface area (Å²) < 4.78 is 11.3. The molecule has 1 fully saturated rings. The first-order valence-electron chi connectivity index (χ1n) is 7.65. The molecule has 0 saturated carbocycles. The second kappa shape index (κ2) is 5.57. The van der Waals surface area contributed by atoms with Crippen LogP contribution < -0.4 is 0 Å². The van der Waals surface area contributed by atoms with Crippen LogP contribution in [-0.4, -0.2) is 45.5 Å². The Kier molecular flexibility index (Phi) is 3.42. The zero-order valence-electron chi connectivity index (χ0n) is 12.2. The third-order valence-corrected chi connectivity index (χ3v) is 4.33. The molecule has 2 aromatic heterocycles. The fourth-order valence-electron chi connectivity index (χ4n) is 3.05. The fraction of sp³-hybridized carbons (Fsp3) is 0.533. The van der Waals surface area contributed by atoms with E-state index in [1.54, 1.807) is 11.1 Å². The van der Waals surface area contributed by atoms with Gasteiger partial charge in [0.05, 0.1) is 19.1 Å². The van der Waals surface area contributed by atoms with Crippen molar-refractivity contribution in [3.8, 4) is 0 Å². The first-order chi connectivity index (χ1) is 10.8. The minimum absolute atomic E-state index is 0.0428. The molecule has 0 radical (unpaired) electrons. The van der Waals surface area contributed by atoms with E-state index >= 15 is 0 Å². The monoisotopic (exact) mass is 302 g/mol. The topological polar surface area (TPSA) is 84.2 Å². The third-order valence-electron chi connectivity index (χ3n) is 4.33. The van der Waals surface area contributed by atoms with Gasteiger partial charge >= 0.3 is 0 Å². The van der Waals surface area contributed by atoms with Crippen LogP contribution in [0.5, 0.6) is 0 Å². The van der Waals surface area contributed by atoms with Crippen LogP contribution in [0.1, 0.15) is 46.6 Å². The SMILES string of the molecule is O=C(c1cnc[nH]1)N1CCc2oc(C3CCOCC3)nc2C1. The van der Waals surface area contributed by atoms with E-state index in [9.17, 15) is 4.79 Å². The van der Waals surface area contributed by atoms with Gasteiger partial charge < -0.3 is 19.0 Å². The molecular formula is C15H18N4O3. The van der Waals surface area contributed by atoms with Crippen LogP contribution in [0.4, 0.5) is 0 Å². The molecule has 0 aliphatic carbocycles. The Morgan fingerprint density at radius 1 is 1.36 bits per heavy atom. The van der Waals surface area contributed by atoms with Gasteiger partial charge in [-0.05, 0) is 12.8 Å². The number of carbonyl (C=O) groups is 1. The van der Waals surface area contributed by atoms with Crippen LogP contribution in [0, 0.1) is 0 Å². The third kappa shape index (κ3) is 2.41. The molecule has 22 heavy (non-hydrogen) atoms. The average Bonchev–Trinajstić information content (AvgIpc) is 3.23. The van der Waals surface area contributed by atoms with Gasteiger partial charge in [-0.3, -0.25) is 4.79 Å². The molecule has 1 N–H and O–H groups in total. The number of hydrogen-bond donors (Lipinski definition) is 1. The van der Waals surface area contributed by atoms with Crippen molar-refractivity contribution in [3.63, 3.8) is 0 Å². The van der Waals surface area contributed by atoms with E-state index in [2.05, 4.69) is 15.0 Å². The highest BCUT2D eigenvalue weighted by Gasteiger charge is 2.29. The summed E-state index contributed by atoms with van der Waals surface area (Å²) in [5, 5.41) is 0. The molecule has 0 bridgehead atoms. The minimum atomic E-state index is -0.0428. The summed E-state index contributed by atoms with van der Waals surface area (Å²) in [5.74, 6) is 2.04. The van der Waals surface area contributed by atoms with Gasteiger partial charge in [-0.2, -0.15) is 0 Å². The maximum Gasteiger partial charge on any atom is 0.272 e. The summed E-state index contributed by atoms with van der Waals surface area (Å²) in [6, 6.07) is 0. The average molecular weight is 302 g/mol. The summed E-state index contributed by atoms with van der Waals surface area (Å²) in [6.45, 7) is 2.68. The Bertz CT molecular complexity index is 658. The highest BCUT2D eigenvalue weighted by atomic mass is 16.5. The van der Waals surface area contributed by atoms with E-state index in [1.165, 1.54) is 6.33 Å². The Balaban J connectivity index is 1.51. The number of fused-ring (bicyclic) bond motifs is 1. The first kappa shape index (κ1) is 13.5. The van der Waals surface area contributed by atoms with Gasteiger partial charge in [0.25, 0.3) is 5.91 Å². The van der Waals surface area contributed by atoms with Crippen molar-refractivity contribution in [2.24, 2.45) is 0 Å². The molecule has 2 aromatic rings. The standard InChI is InChI=1S/C15H18N4O3/c20-15(11-7-16-9-17-11)19-4-1-13-12(8-19)18-14(22-13)10-2-5-21-6-3-10/h7,9-10H,1-6,8H2,(H,16,17). The number of amides is 1. The number of rotatable bonds is 2. The van der Waals surface area contributed by atoms with Crippen LogP contribution in [0.15, 0.2) is 16.9 Å². The molecule has 7 heteroatoms. The number of hydrogen-bond acceptors (Lipinski definition) is 5. The lowest BCUT2D eigenvalue weighted by molar-refractivity contribution is 0.0720. The number of oxazole rings is 1. The van der Waals surface area contributed by atoms with E-state index in [0.717, 1.165) is 43.4 Å². The number of ether oxygens (including phenoxy) is 1. The molecule has 116 valence electrons. The van der Waals surface area contributed by atoms with E-state index in [1.807, 2.05) is 0 Å². The van der Waals surface area contributed by atoms with Crippen LogP contribution in [-0.2, 0) is 17.7 Å². The zero-order chi connectivity index (χ0) is 14.9. The van der Waals surface area contributed by atoms with E-state index in [-0.39, 0.29) is 5.91 Å². The second-order valence-electron chi connectivity index (χ2n) is 5.75. The van der Waals surface area contributed by atoms with Crippen molar-refractivity contribution < 1.29 is 13.9 Å². The Hall–Kier alpha value is -2.15. The lowest BCUT2D eigenvalue weighted by Gasteiger charge is -2.24. The molecule has 1 saturated heterocycles. The number of H-pyrrole nitrogens is 1. The van der Waals surface area contributed by atoms with Crippen LogP contribution in [0.3, 0.4) is 0 Å². The fourth-order valence-corrected chi connectivity index (χ4v) is 3.05. The van der Waals surface area contributed by atoms with Crippen molar-refractivity contribution in [3.05, 3.63) is 35.6 Å². The largest absolute Gasteiger partial charge is 0.445 e. The molecule has 1 amide bonds. The molecule has 0 spiro atoms. The van der Waals surface area contributed by atoms with E-state index < -0.39 is 0 Å². The lowest BCUT2D eigenvalue weighted by atomic mass is 10.0. The van der Waals surface area contributed by atoms with E-state index in [4.69, 9.17) is 9.15 Å². The highest BCUT2D eigenvalue weighted by molar-refractivity contribution is 5.92.